The van der Waals surface area contributed by atoms with Gasteiger partial charge in [-0.25, -0.2) is 15.0 Å². The highest BCUT2D eigenvalue weighted by Gasteiger charge is 2.26. The Balaban J connectivity index is 1.54. The number of nitrogens with one attached hydrogen (secondary N) is 1. The molecule has 0 saturated heterocycles. The Kier molecular flexibility index (Phi) is 3.93. The van der Waals surface area contributed by atoms with Crippen LogP contribution in [0.3, 0.4) is 0 Å². The van der Waals surface area contributed by atoms with Crippen LogP contribution in [0.15, 0.2) is 17.6 Å². The molecule has 5 heteroatoms. The first kappa shape index (κ1) is 14.4. The molecule has 2 aromatic rings. The third kappa shape index (κ3) is 3.79. The molecule has 0 bridgehead atoms. The van der Waals surface area contributed by atoms with Gasteiger partial charge in [0.1, 0.15) is 11.6 Å². The summed E-state index contributed by atoms with van der Waals surface area (Å²) in [6.07, 6.45) is 5.24. The molecule has 1 aliphatic rings. The van der Waals surface area contributed by atoms with Crippen molar-refractivity contribution in [1.82, 2.24) is 15.0 Å². The molecule has 21 heavy (non-hydrogen) atoms. The second-order valence-electron chi connectivity index (χ2n) is 6.65. The average Bonchev–Trinajstić information content (AvgIpc) is 3.17. The van der Waals surface area contributed by atoms with Crippen LogP contribution >= 0.6 is 11.3 Å². The first-order chi connectivity index (χ1) is 10.0. The van der Waals surface area contributed by atoms with Crippen LogP contribution in [0.5, 0.6) is 0 Å². The van der Waals surface area contributed by atoms with E-state index in [0.29, 0.717) is 5.92 Å². The molecule has 2 heterocycles. The fraction of sp³-hybridized carbons (Fsp3) is 0.562. The Hall–Kier alpha value is -1.49. The molecule has 1 fully saturated rings. The third-order valence-electron chi connectivity index (χ3n) is 3.50. The first-order valence-corrected chi connectivity index (χ1v) is 8.42. The van der Waals surface area contributed by atoms with Crippen molar-refractivity contribution in [1.29, 1.82) is 0 Å². The van der Waals surface area contributed by atoms with Gasteiger partial charge in [-0.05, 0) is 18.9 Å². The van der Waals surface area contributed by atoms with Crippen LogP contribution in [0.25, 0.3) is 0 Å². The summed E-state index contributed by atoms with van der Waals surface area (Å²) in [7, 11) is 0. The Labute approximate surface area is 130 Å². The number of aromatic nitrogens is 3. The number of rotatable bonds is 5. The molecule has 0 radical (unpaired) electrons. The van der Waals surface area contributed by atoms with Gasteiger partial charge < -0.3 is 5.32 Å². The molecular formula is C16H22N4S. The van der Waals surface area contributed by atoms with Gasteiger partial charge in [0.25, 0.3) is 0 Å². The van der Waals surface area contributed by atoms with E-state index >= 15 is 0 Å². The predicted octanol–water partition coefficient (Wildman–Crippen LogP) is 3.76. The van der Waals surface area contributed by atoms with Gasteiger partial charge in [-0.2, -0.15) is 0 Å². The van der Waals surface area contributed by atoms with Crippen molar-refractivity contribution in [3.05, 3.63) is 34.2 Å². The summed E-state index contributed by atoms with van der Waals surface area (Å²) in [5.74, 6) is 2.52. The summed E-state index contributed by atoms with van der Waals surface area (Å²) < 4.78 is 0. The molecule has 1 saturated carbocycles. The molecule has 0 aliphatic heterocycles. The SMILES string of the molecule is CC(C)(C)c1nc(CCNc2ccnc(C3CC3)n2)cs1. The maximum absolute atomic E-state index is 4.71. The summed E-state index contributed by atoms with van der Waals surface area (Å²) in [6, 6.07) is 1.94. The Morgan fingerprint density at radius 3 is 2.76 bits per heavy atom. The fourth-order valence-corrected chi connectivity index (χ4v) is 3.04. The normalized spacial score (nSPS) is 15.2. The molecule has 0 amide bonds. The quantitative estimate of drug-likeness (QED) is 0.913. The van der Waals surface area contributed by atoms with E-state index in [0.717, 1.165) is 30.3 Å². The standard InChI is InChI=1S/C16H22N4S/c1-16(2,3)15-19-12(10-21-15)6-8-17-13-7-9-18-14(20-13)11-4-5-11/h7,9-11H,4-6,8H2,1-3H3,(H,17,18,20). The van der Waals surface area contributed by atoms with E-state index in [1.54, 1.807) is 11.3 Å². The Morgan fingerprint density at radius 1 is 1.29 bits per heavy atom. The van der Waals surface area contributed by atoms with E-state index in [9.17, 15) is 0 Å². The minimum Gasteiger partial charge on any atom is -0.370 e. The third-order valence-corrected chi connectivity index (χ3v) is 4.81. The molecule has 0 atom stereocenters. The summed E-state index contributed by atoms with van der Waals surface area (Å²) >= 11 is 1.75. The van der Waals surface area contributed by atoms with Crippen molar-refractivity contribution < 1.29 is 0 Å². The summed E-state index contributed by atoms with van der Waals surface area (Å²) in [5, 5.41) is 6.75. The highest BCUT2D eigenvalue weighted by Crippen LogP contribution is 2.38. The largest absolute Gasteiger partial charge is 0.370 e. The van der Waals surface area contributed by atoms with Gasteiger partial charge in [-0.1, -0.05) is 20.8 Å². The molecule has 2 aromatic heterocycles. The molecular weight excluding hydrogens is 280 g/mol. The van der Waals surface area contributed by atoms with E-state index in [1.165, 1.54) is 17.8 Å². The molecule has 0 aromatic carbocycles. The van der Waals surface area contributed by atoms with Crippen molar-refractivity contribution in [3.63, 3.8) is 0 Å². The van der Waals surface area contributed by atoms with Gasteiger partial charge in [-0.15, -0.1) is 11.3 Å². The molecule has 4 nitrogen and oxygen atoms in total. The topological polar surface area (TPSA) is 50.7 Å². The zero-order chi connectivity index (χ0) is 14.9. The van der Waals surface area contributed by atoms with Gasteiger partial charge >= 0.3 is 0 Å². The average molecular weight is 302 g/mol. The number of anilines is 1. The zero-order valence-electron chi connectivity index (χ0n) is 12.9. The fourth-order valence-electron chi connectivity index (χ4n) is 2.10. The van der Waals surface area contributed by atoms with Crippen molar-refractivity contribution in [2.24, 2.45) is 0 Å². The van der Waals surface area contributed by atoms with E-state index in [-0.39, 0.29) is 5.41 Å². The number of thiazole rings is 1. The summed E-state index contributed by atoms with van der Waals surface area (Å²) in [6.45, 7) is 7.46. The lowest BCUT2D eigenvalue weighted by atomic mass is 9.98. The molecule has 3 rings (SSSR count). The minimum atomic E-state index is 0.141. The van der Waals surface area contributed by atoms with Crippen molar-refractivity contribution >= 4 is 17.2 Å². The minimum absolute atomic E-state index is 0.141. The van der Waals surface area contributed by atoms with Crippen LogP contribution < -0.4 is 5.32 Å². The molecule has 1 aliphatic carbocycles. The molecule has 0 spiro atoms. The monoisotopic (exact) mass is 302 g/mol. The van der Waals surface area contributed by atoms with E-state index in [1.807, 2.05) is 12.3 Å². The smallest absolute Gasteiger partial charge is 0.133 e. The maximum atomic E-state index is 4.71. The van der Waals surface area contributed by atoms with Crippen LogP contribution in [0.4, 0.5) is 5.82 Å². The number of hydrogen-bond acceptors (Lipinski definition) is 5. The Bertz CT molecular complexity index is 611. The van der Waals surface area contributed by atoms with Gasteiger partial charge in [0.05, 0.1) is 10.7 Å². The first-order valence-electron chi connectivity index (χ1n) is 7.54. The van der Waals surface area contributed by atoms with Crippen LogP contribution in [-0.4, -0.2) is 21.5 Å². The molecule has 1 N–H and O–H groups in total. The lowest BCUT2D eigenvalue weighted by Gasteiger charge is -2.13. The van der Waals surface area contributed by atoms with Crippen molar-refractivity contribution in [3.8, 4) is 0 Å². The van der Waals surface area contributed by atoms with Crippen molar-refractivity contribution in [2.45, 2.75) is 51.4 Å². The Morgan fingerprint density at radius 2 is 2.10 bits per heavy atom. The highest BCUT2D eigenvalue weighted by molar-refractivity contribution is 7.09. The maximum Gasteiger partial charge on any atom is 0.133 e. The second-order valence-corrected chi connectivity index (χ2v) is 7.50. The van der Waals surface area contributed by atoms with E-state index in [4.69, 9.17) is 4.98 Å². The van der Waals surface area contributed by atoms with Gasteiger partial charge in [0.15, 0.2) is 0 Å². The lowest BCUT2D eigenvalue weighted by Crippen LogP contribution is -2.11. The molecule has 112 valence electrons. The van der Waals surface area contributed by atoms with Gasteiger partial charge in [-0.3, -0.25) is 0 Å². The van der Waals surface area contributed by atoms with Crippen LogP contribution in [0.2, 0.25) is 0 Å². The van der Waals surface area contributed by atoms with Crippen LogP contribution in [0, 0.1) is 0 Å². The predicted molar refractivity (Wildman–Crippen MR) is 87.0 cm³/mol. The molecule has 0 unspecified atom stereocenters. The zero-order valence-corrected chi connectivity index (χ0v) is 13.7. The van der Waals surface area contributed by atoms with Gasteiger partial charge in [0.2, 0.25) is 0 Å². The van der Waals surface area contributed by atoms with Crippen LogP contribution in [0.1, 0.15) is 56.1 Å². The summed E-state index contributed by atoms with van der Waals surface area (Å²) in [5.41, 5.74) is 1.30. The second kappa shape index (κ2) is 5.72. The van der Waals surface area contributed by atoms with Crippen LogP contribution in [-0.2, 0) is 11.8 Å². The van der Waals surface area contributed by atoms with Gasteiger partial charge in [0, 0.05) is 35.9 Å². The number of nitrogens with zero attached hydrogens (tertiary/aromatic N) is 3. The van der Waals surface area contributed by atoms with E-state index < -0.39 is 0 Å². The van der Waals surface area contributed by atoms with E-state index in [2.05, 4.69) is 41.4 Å². The lowest BCUT2D eigenvalue weighted by molar-refractivity contribution is 0.583. The van der Waals surface area contributed by atoms with Crippen molar-refractivity contribution in [2.75, 3.05) is 11.9 Å². The summed E-state index contributed by atoms with van der Waals surface area (Å²) in [4.78, 5) is 13.6. The number of hydrogen-bond donors (Lipinski definition) is 1. The highest BCUT2D eigenvalue weighted by atomic mass is 32.1.